The number of hydrogen-bond donors (Lipinski definition) is 2. The zero-order valence-corrected chi connectivity index (χ0v) is 14.0. The third kappa shape index (κ3) is 3.71. The minimum absolute atomic E-state index is 0. The summed E-state index contributed by atoms with van der Waals surface area (Å²) in [5.74, 6) is 1.75. The zero-order valence-electron chi connectivity index (χ0n) is 13.2. The summed E-state index contributed by atoms with van der Waals surface area (Å²) < 4.78 is 2.13. The molecule has 0 radical (unpaired) electrons. The van der Waals surface area contributed by atoms with Gasteiger partial charge in [-0.3, -0.25) is 4.79 Å². The van der Waals surface area contributed by atoms with E-state index in [1.807, 2.05) is 19.1 Å². The Hall–Kier alpha value is -1.92. The van der Waals surface area contributed by atoms with Crippen LogP contribution in [0.15, 0.2) is 24.3 Å². The summed E-state index contributed by atoms with van der Waals surface area (Å²) >= 11 is 0. The summed E-state index contributed by atoms with van der Waals surface area (Å²) in [4.78, 5) is 12.3. The van der Waals surface area contributed by atoms with E-state index in [-0.39, 0.29) is 24.4 Å². The van der Waals surface area contributed by atoms with Crippen LogP contribution in [-0.2, 0) is 19.5 Å². The van der Waals surface area contributed by atoms with Crippen molar-refractivity contribution in [3.05, 3.63) is 47.0 Å². The van der Waals surface area contributed by atoms with E-state index in [0.29, 0.717) is 12.1 Å². The lowest BCUT2D eigenvalue weighted by atomic mass is 10.1. The number of rotatable bonds is 4. The molecule has 1 aliphatic rings. The highest BCUT2D eigenvalue weighted by molar-refractivity contribution is 5.94. The summed E-state index contributed by atoms with van der Waals surface area (Å²) in [6.07, 6.45) is 3.26. The third-order valence-electron chi connectivity index (χ3n) is 4.07. The van der Waals surface area contributed by atoms with Crippen LogP contribution in [0.25, 0.3) is 0 Å². The molecular formula is C16H22ClN5O. The number of nitrogens with two attached hydrogens (primary N) is 1. The molecule has 0 aliphatic carbocycles. The molecule has 1 aromatic carbocycles. The second-order valence-corrected chi connectivity index (χ2v) is 5.68. The van der Waals surface area contributed by atoms with E-state index >= 15 is 0 Å². The molecule has 3 N–H and O–H groups in total. The molecule has 7 heteroatoms. The smallest absolute Gasteiger partial charge is 0.251 e. The second-order valence-electron chi connectivity index (χ2n) is 5.68. The third-order valence-corrected chi connectivity index (χ3v) is 4.07. The first-order valence-electron chi connectivity index (χ1n) is 7.71. The summed E-state index contributed by atoms with van der Waals surface area (Å²) in [5, 5.41) is 11.5. The van der Waals surface area contributed by atoms with Gasteiger partial charge in [-0.1, -0.05) is 12.1 Å². The van der Waals surface area contributed by atoms with Crippen LogP contribution in [0.1, 0.15) is 53.4 Å². The van der Waals surface area contributed by atoms with Crippen LogP contribution in [0.4, 0.5) is 0 Å². The fraction of sp³-hybridized carbons (Fsp3) is 0.438. The highest BCUT2D eigenvalue weighted by Gasteiger charge is 2.21. The van der Waals surface area contributed by atoms with Gasteiger partial charge in [0.15, 0.2) is 5.82 Å². The molecular weight excluding hydrogens is 314 g/mol. The van der Waals surface area contributed by atoms with E-state index in [1.54, 1.807) is 12.1 Å². The van der Waals surface area contributed by atoms with E-state index in [0.717, 1.165) is 43.0 Å². The first kappa shape index (κ1) is 17.4. The lowest BCUT2D eigenvalue weighted by Crippen LogP contribution is -2.29. The SMILES string of the molecule is CC(NC(=O)c1ccc(CN)cc1)c1nnc2n1CCCC2.Cl. The average Bonchev–Trinajstić information content (AvgIpc) is 2.99. The number of halogens is 1. The molecule has 0 spiro atoms. The van der Waals surface area contributed by atoms with E-state index < -0.39 is 0 Å². The van der Waals surface area contributed by atoms with Crippen molar-refractivity contribution in [1.29, 1.82) is 0 Å². The predicted octanol–water partition coefficient (Wildman–Crippen LogP) is 1.99. The number of hydrogen-bond acceptors (Lipinski definition) is 4. The number of nitrogens with zero attached hydrogens (tertiary/aromatic N) is 3. The van der Waals surface area contributed by atoms with Crippen LogP contribution in [-0.4, -0.2) is 20.7 Å². The van der Waals surface area contributed by atoms with Gasteiger partial charge in [0.05, 0.1) is 6.04 Å². The fourth-order valence-corrected chi connectivity index (χ4v) is 2.79. The van der Waals surface area contributed by atoms with Gasteiger partial charge in [0.1, 0.15) is 5.82 Å². The summed E-state index contributed by atoms with van der Waals surface area (Å²) in [7, 11) is 0. The van der Waals surface area contributed by atoms with Crippen LogP contribution in [0, 0.1) is 0 Å². The molecule has 1 atom stereocenters. The Morgan fingerprint density at radius 1 is 1.30 bits per heavy atom. The Balaban J connectivity index is 0.00000192. The predicted molar refractivity (Wildman–Crippen MR) is 90.4 cm³/mol. The maximum Gasteiger partial charge on any atom is 0.251 e. The van der Waals surface area contributed by atoms with Crippen molar-refractivity contribution < 1.29 is 4.79 Å². The van der Waals surface area contributed by atoms with E-state index in [2.05, 4.69) is 20.1 Å². The van der Waals surface area contributed by atoms with Gasteiger partial charge in [0, 0.05) is 25.1 Å². The number of amides is 1. The molecule has 1 unspecified atom stereocenters. The highest BCUT2D eigenvalue weighted by atomic mass is 35.5. The van der Waals surface area contributed by atoms with Crippen LogP contribution in [0.3, 0.4) is 0 Å². The van der Waals surface area contributed by atoms with Crippen LogP contribution in [0.2, 0.25) is 0 Å². The lowest BCUT2D eigenvalue weighted by Gasteiger charge is -2.18. The summed E-state index contributed by atoms with van der Waals surface area (Å²) in [6, 6.07) is 7.17. The molecule has 0 saturated carbocycles. The van der Waals surface area contributed by atoms with Crippen molar-refractivity contribution in [3.63, 3.8) is 0 Å². The van der Waals surface area contributed by atoms with Gasteiger partial charge in [-0.25, -0.2) is 0 Å². The van der Waals surface area contributed by atoms with Crippen molar-refractivity contribution in [3.8, 4) is 0 Å². The molecule has 2 heterocycles. The Bertz CT molecular complexity index is 668. The molecule has 6 nitrogen and oxygen atoms in total. The molecule has 1 aliphatic heterocycles. The molecule has 1 aromatic heterocycles. The minimum Gasteiger partial charge on any atom is -0.342 e. The van der Waals surface area contributed by atoms with Gasteiger partial charge in [-0.2, -0.15) is 0 Å². The second kappa shape index (κ2) is 7.57. The van der Waals surface area contributed by atoms with Gasteiger partial charge in [0.25, 0.3) is 5.91 Å². The Morgan fingerprint density at radius 2 is 2.04 bits per heavy atom. The van der Waals surface area contributed by atoms with Gasteiger partial charge in [0.2, 0.25) is 0 Å². The molecule has 0 saturated heterocycles. The van der Waals surface area contributed by atoms with E-state index in [9.17, 15) is 4.79 Å². The number of nitrogens with one attached hydrogen (secondary N) is 1. The van der Waals surface area contributed by atoms with Gasteiger partial charge in [-0.15, -0.1) is 22.6 Å². The molecule has 0 fully saturated rings. The topological polar surface area (TPSA) is 85.8 Å². The Labute approximate surface area is 141 Å². The van der Waals surface area contributed by atoms with Crippen molar-refractivity contribution in [1.82, 2.24) is 20.1 Å². The van der Waals surface area contributed by atoms with Gasteiger partial charge < -0.3 is 15.6 Å². The first-order chi connectivity index (χ1) is 10.7. The van der Waals surface area contributed by atoms with E-state index in [1.165, 1.54) is 0 Å². The molecule has 1 amide bonds. The standard InChI is InChI=1S/C16H21N5O.ClH/c1-11(15-20-19-14-4-2-3-9-21(14)15)18-16(22)13-7-5-12(10-17)6-8-13;/h5-8,11H,2-4,9-10,17H2,1H3,(H,18,22);1H. The van der Waals surface area contributed by atoms with Crippen molar-refractivity contribution >= 4 is 18.3 Å². The monoisotopic (exact) mass is 335 g/mol. The minimum atomic E-state index is -0.166. The number of aromatic nitrogens is 3. The van der Waals surface area contributed by atoms with E-state index in [4.69, 9.17) is 5.73 Å². The average molecular weight is 336 g/mol. The number of carbonyl (C=O) groups is 1. The normalized spacial score (nSPS) is 14.5. The van der Waals surface area contributed by atoms with Crippen molar-refractivity contribution in [2.24, 2.45) is 5.73 Å². The largest absolute Gasteiger partial charge is 0.342 e. The number of aryl methyl sites for hydroxylation is 1. The van der Waals surface area contributed by atoms with Crippen LogP contribution in [0.5, 0.6) is 0 Å². The Morgan fingerprint density at radius 3 is 2.74 bits per heavy atom. The van der Waals surface area contributed by atoms with Crippen LogP contribution < -0.4 is 11.1 Å². The Kier molecular flexibility index (Phi) is 5.74. The molecule has 3 rings (SSSR count). The first-order valence-corrected chi connectivity index (χ1v) is 7.71. The maximum atomic E-state index is 12.3. The zero-order chi connectivity index (χ0) is 15.5. The van der Waals surface area contributed by atoms with Crippen molar-refractivity contribution in [2.45, 2.75) is 45.3 Å². The highest BCUT2D eigenvalue weighted by Crippen LogP contribution is 2.19. The molecule has 0 bridgehead atoms. The maximum absolute atomic E-state index is 12.3. The molecule has 124 valence electrons. The van der Waals surface area contributed by atoms with Crippen molar-refractivity contribution in [2.75, 3.05) is 0 Å². The quantitative estimate of drug-likeness (QED) is 0.894. The molecule has 23 heavy (non-hydrogen) atoms. The fourth-order valence-electron chi connectivity index (χ4n) is 2.79. The van der Waals surface area contributed by atoms with Gasteiger partial charge >= 0.3 is 0 Å². The van der Waals surface area contributed by atoms with Gasteiger partial charge in [-0.05, 0) is 37.5 Å². The molecule has 2 aromatic rings. The number of benzene rings is 1. The summed E-state index contributed by atoms with van der Waals surface area (Å²) in [6.45, 7) is 3.35. The van der Waals surface area contributed by atoms with Crippen LogP contribution >= 0.6 is 12.4 Å². The number of fused-ring (bicyclic) bond motifs is 1. The number of carbonyl (C=O) groups excluding carboxylic acids is 1. The summed E-state index contributed by atoms with van der Waals surface area (Å²) in [5.41, 5.74) is 7.20. The lowest BCUT2D eigenvalue weighted by molar-refractivity contribution is 0.0937.